The van der Waals surface area contributed by atoms with E-state index in [4.69, 9.17) is 25.8 Å². The van der Waals surface area contributed by atoms with Gasteiger partial charge in [-0.1, -0.05) is 35.9 Å². The van der Waals surface area contributed by atoms with Gasteiger partial charge in [-0.15, -0.1) is 0 Å². The lowest BCUT2D eigenvalue weighted by atomic mass is 10.1. The third-order valence-corrected chi connectivity index (χ3v) is 5.02. The predicted molar refractivity (Wildman–Crippen MR) is 131 cm³/mol. The Morgan fingerprint density at radius 2 is 1.76 bits per heavy atom. The van der Waals surface area contributed by atoms with Crippen molar-refractivity contribution in [2.24, 2.45) is 5.10 Å². The molecule has 3 aromatic carbocycles. The highest BCUT2D eigenvalue weighted by atomic mass is 35.5. The standard InChI is InChI=1S/C25H26ClN3O4/c1-17-9-10-21(13-18(17)2)32-11-12-33-24-22(26)14-19(15-23(24)31-3)16-27-29-25(30)28-20-7-5-4-6-8-20/h4-10,13-16H,11-12H2,1-3H3,(H2,28,29,30). The third kappa shape index (κ3) is 7.15. The third-order valence-electron chi connectivity index (χ3n) is 4.74. The average Bonchev–Trinajstić information content (AvgIpc) is 2.80. The molecule has 172 valence electrons. The molecule has 7 nitrogen and oxygen atoms in total. The summed E-state index contributed by atoms with van der Waals surface area (Å²) in [5.74, 6) is 1.65. The zero-order valence-corrected chi connectivity index (χ0v) is 19.5. The Morgan fingerprint density at radius 1 is 1.00 bits per heavy atom. The van der Waals surface area contributed by atoms with E-state index in [0.717, 1.165) is 5.75 Å². The second kappa shape index (κ2) is 11.8. The molecule has 8 heteroatoms. The maximum Gasteiger partial charge on any atom is 0.339 e. The Hall–Kier alpha value is -3.71. The summed E-state index contributed by atoms with van der Waals surface area (Å²) < 4.78 is 16.9. The van der Waals surface area contributed by atoms with Crippen LogP contribution in [0, 0.1) is 13.8 Å². The van der Waals surface area contributed by atoms with Crippen LogP contribution in [0.15, 0.2) is 65.8 Å². The Labute approximate surface area is 198 Å². The summed E-state index contributed by atoms with van der Waals surface area (Å²) in [6, 6.07) is 17.9. The second-order valence-electron chi connectivity index (χ2n) is 7.17. The maximum atomic E-state index is 11.9. The second-order valence-corrected chi connectivity index (χ2v) is 7.57. The first kappa shape index (κ1) is 23.9. The summed E-state index contributed by atoms with van der Waals surface area (Å²) in [5.41, 5.74) is 6.09. The zero-order chi connectivity index (χ0) is 23.6. The summed E-state index contributed by atoms with van der Waals surface area (Å²) in [6.45, 7) is 4.74. The molecule has 0 spiro atoms. The lowest BCUT2D eigenvalue weighted by Gasteiger charge is -2.14. The van der Waals surface area contributed by atoms with Crippen molar-refractivity contribution in [1.29, 1.82) is 0 Å². The highest BCUT2D eigenvalue weighted by molar-refractivity contribution is 6.32. The topological polar surface area (TPSA) is 81.2 Å². The summed E-state index contributed by atoms with van der Waals surface area (Å²) in [6.07, 6.45) is 1.46. The van der Waals surface area contributed by atoms with E-state index in [1.165, 1.54) is 24.5 Å². The number of methoxy groups -OCH3 is 1. The number of hydrazone groups is 1. The van der Waals surface area contributed by atoms with Gasteiger partial charge in [0.1, 0.15) is 19.0 Å². The van der Waals surface area contributed by atoms with Crippen LogP contribution in [-0.4, -0.2) is 32.6 Å². The van der Waals surface area contributed by atoms with E-state index < -0.39 is 6.03 Å². The van der Waals surface area contributed by atoms with Crippen molar-refractivity contribution in [3.63, 3.8) is 0 Å². The van der Waals surface area contributed by atoms with E-state index in [2.05, 4.69) is 22.8 Å². The molecule has 33 heavy (non-hydrogen) atoms. The van der Waals surface area contributed by atoms with Gasteiger partial charge in [0.05, 0.1) is 18.3 Å². The Kier molecular flexibility index (Phi) is 8.55. The number of nitrogens with zero attached hydrogens (tertiary/aromatic N) is 1. The van der Waals surface area contributed by atoms with Crippen molar-refractivity contribution in [2.45, 2.75) is 13.8 Å². The monoisotopic (exact) mass is 467 g/mol. The molecular weight excluding hydrogens is 442 g/mol. The molecule has 2 N–H and O–H groups in total. The van der Waals surface area contributed by atoms with Gasteiger partial charge in [-0.05, 0) is 66.9 Å². The van der Waals surface area contributed by atoms with E-state index in [1.54, 1.807) is 24.3 Å². The number of urea groups is 1. The molecule has 0 heterocycles. The van der Waals surface area contributed by atoms with Crippen molar-refractivity contribution < 1.29 is 19.0 Å². The highest BCUT2D eigenvalue weighted by Crippen LogP contribution is 2.36. The first-order valence-electron chi connectivity index (χ1n) is 10.3. The van der Waals surface area contributed by atoms with Gasteiger partial charge >= 0.3 is 6.03 Å². The molecule has 0 saturated carbocycles. The van der Waals surface area contributed by atoms with Crippen LogP contribution in [0.4, 0.5) is 10.5 Å². The molecule has 3 rings (SSSR count). The van der Waals surface area contributed by atoms with E-state index >= 15 is 0 Å². The molecule has 0 aliphatic rings. The molecule has 0 aromatic heterocycles. The number of para-hydroxylation sites is 1. The van der Waals surface area contributed by atoms with Gasteiger partial charge in [-0.3, -0.25) is 0 Å². The number of benzene rings is 3. The molecule has 0 aliphatic carbocycles. The number of aryl methyl sites for hydroxylation is 2. The van der Waals surface area contributed by atoms with Gasteiger partial charge in [0.15, 0.2) is 11.5 Å². The molecule has 0 unspecified atom stereocenters. The van der Waals surface area contributed by atoms with Gasteiger partial charge in [0, 0.05) is 5.69 Å². The minimum absolute atomic E-state index is 0.289. The highest BCUT2D eigenvalue weighted by Gasteiger charge is 2.12. The lowest BCUT2D eigenvalue weighted by molar-refractivity contribution is 0.211. The number of rotatable bonds is 9. The largest absolute Gasteiger partial charge is 0.493 e. The molecule has 0 bridgehead atoms. The number of halogens is 1. The minimum Gasteiger partial charge on any atom is -0.493 e. The predicted octanol–water partition coefficient (Wildman–Crippen LogP) is 5.58. The number of carbonyl (C=O) groups excluding carboxylic acids is 1. The van der Waals surface area contributed by atoms with Crippen LogP contribution in [0.5, 0.6) is 17.2 Å². The maximum absolute atomic E-state index is 11.9. The van der Waals surface area contributed by atoms with Crippen LogP contribution in [0.1, 0.15) is 16.7 Å². The number of amides is 2. The molecule has 3 aromatic rings. The first-order chi connectivity index (χ1) is 16.0. The molecule has 0 radical (unpaired) electrons. The van der Waals surface area contributed by atoms with Crippen LogP contribution >= 0.6 is 11.6 Å². The molecule has 0 atom stereocenters. The number of ether oxygens (including phenoxy) is 3. The summed E-state index contributed by atoms with van der Waals surface area (Å²) in [7, 11) is 1.52. The molecule has 0 aliphatic heterocycles. The number of nitrogens with one attached hydrogen (secondary N) is 2. The zero-order valence-electron chi connectivity index (χ0n) is 18.7. The van der Waals surface area contributed by atoms with Crippen molar-refractivity contribution in [1.82, 2.24) is 5.43 Å². The van der Waals surface area contributed by atoms with Gasteiger partial charge < -0.3 is 19.5 Å². The number of anilines is 1. The lowest BCUT2D eigenvalue weighted by Crippen LogP contribution is -2.24. The number of hydrogen-bond donors (Lipinski definition) is 2. The fourth-order valence-corrected chi connectivity index (χ4v) is 3.18. The Bertz CT molecular complexity index is 1120. The molecule has 0 saturated heterocycles. The Morgan fingerprint density at radius 3 is 2.48 bits per heavy atom. The van der Waals surface area contributed by atoms with Gasteiger partial charge in [0.2, 0.25) is 0 Å². The summed E-state index contributed by atoms with van der Waals surface area (Å²) >= 11 is 6.39. The van der Waals surface area contributed by atoms with Crippen molar-refractivity contribution in [3.05, 3.63) is 82.4 Å². The quantitative estimate of drug-likeness (QED) is 0.244. The fourth-order valence-electron chi connectivity index (χ4n) is 2.91. The van der Waals surface area contributed by atoms with Crippen LogP contribution in [0.25, 0.3) is 0 Å². The normalized spacial score (nSPS) is 10.7. The van der Waals surface area contributed by atoms with Crippen LogP contribution in [0.3, 0.4) is 0 Å². The smallest absolute Gasteiger partial charge is 0.339 e. The van der Waals surface area contributed by atoms with E-state index in [0.29, 0.717) is 34.4 Å². The van der Waals surface area contributed by atoms with Crippen LogP contribution in [0.2, 0.25) is 5.02 Å². The van der Waals surface area contributed by atoms with E-state index in [-0.39, 0.29) is 6.61 Å². The summed E-state index contributed by atoms with van der Waals surface area (Å²) in [4.78, 5) is 11.9. The van der Waals surface area contributed by atoms with Gasteiger partial charge in [0.25, 0.3) is 0 Å². The minimum atomic E-state index is -0.459. The Balaban J connectivity index is 1.54. The van der Waals surface area contributed by atoms with Gasteiger partial charge in [-0.2, -0.15) is 5.10 Å². The molecular formula is C25H26ClN3O4. The number of carbonyl (C=O) groups is 1. The van der Waals surface area contributed by atoms with Crippen molar-refractivity contribution in [2.75, 3.05) is 25.6 Å². The fraction of sp³-hybridized carbons (Fsp3) is 0.200. The first-order valence-corrected chi connectivity index (χ1v) is 10.7. The SMILES string of the molecule is COc1cc(C=NNC(=O)Nc2ccccc2)cc(Cl)c1OCCOc1ccc(C)c(C)c1. The van der Waals surface area contributed by atoms with Crippen LogP contribution < -0.4 is 25.0 Å². The van der Waals surface area contributed by atoms with Crippen LogP contribution in [-0.2, 0) is 0 Å². The molecule has 2 amide bonds. The average molecular weight is 468 g/mol. The van der Waals surface area contributed by atoms with E-state index in [9.17, 15) is 4.79 Å². The van der Waals surface area contributed by atoms with Crippen molar-refractivity contribution >= 4 is 29.5 Å². The van der Waals surface area contributed by atoms with Gasteiger partial charge in [-0.25, -0.2) is 10.2 Å². The van der Waals surface area contributed by atoms with E-state index in [1.807, 2.05) is 43.3 Å². The molecule has 0 fully saturated rings. The summed E-state index contributed by atoms with van der Waals surface area (Å²) in [5, 5.41) is 6.97. The van der Waals surface area contributed by atoms with Crippen molar-refractivity contribution in [3.8, 4) is 17.2 Å². The number of hydrogen-bond acceptors (Lipinski definition) is 5.